The van der Waals surface area contributed by atoms with E-state index in [1.165, 1.54) is 0 Å². The van der Waals surface area contributed by atoms with Gasteiger partial charge in [0, 0.05) is 0 Å². The minimum absolute atomic E-state index is 0.479. The highest BCUT2D eigenvalue weighted by molar-refractivity contribution is 4.78. The fourth-order valence-electron chi connectivity index (χ4n) is 0.705. The molecule has 0 aromatic carbocycles. The summed E-state index contributed by atoms with van der Waals surface area (Å²) in [5.41, 5.74) is 0. The van der Waals surface area contributed by atoms with Gasteiger partial charge in [0.15, 0.2) is 0 Å². The van der Waals surface area contributed by atoms with Gasteiger partial charge in [0.1, 0.15) is 0 Å². The maximum Gasteiger partial charge on any atom is 0.0754 e. The van der Waals surface area contributed by atoms with Gasteiger partial charge in [0.05, 0.1) is 6.26 Å². The molecule has 1 N–H and O–H groups in total. The highest BCUT2D eigenvalue weighted by atomic mass is 16.2. The third kappa shape index (κ3) is 5.63. The Hall–Kier alpha value is -0.500. The molecule has 2 heteroatoms. The summed E-state index contributed by atoms with van der Waals surface area (Å²) < 4.78 is 0. The van der Waals surface area contributed by atoms with Gasteiger partial charge in [-0.05, 0) is 39.1 Å². The Kier molecular flexibility index (Phi) is 5.03. The van der Waals surface area contributed by atoms with Crippen molar-refractivity contribution in [3.63, 3.8) is 0 Å². The third-order valence-electron chi connectivity index (χ3n) is 1.45. The molecule has 0 amide bonds. The van der Waals surface area contributed by atoms with Crippen LogP contribution in [-0.4, -0.2) is 30.6 Å². The summed E-state index contributed by atoms with van der Waals surface area (Å²) in [6, 6.07) is 0. The van der Waals surface area contributed by atoms with Crippen LogP contribution in [0.4, 0.5) is 0 Å². The Balaban J connectivity index is 3.30. The number of hydrogen-bond donors (Lipinski definition) is 1. The summed E-state index contributed by atoms with van der Waals surface area (Å²) in [5.74, 6) is 0.479. The van der Waals surface area contributed by atoms with Crippen LogP contribution >= 0.6 is 0 Å². The second-order valence-corrected chi connectivity index (χ2v) is 2.91. The van der Waals surface area contributed by atoms with E-state index in [1.54, 1.807) is 0 Å². The van der Waals surface area contributed by atoms with Crippen LogP contribution in [0.3, 0.4) is 0 Å². The molecule has 0 aliphatic heterocycles. The monoisotopic (exact) mass is 143 g/mol. The number of hydrogen-bond acceptors (Lipinski definition) is 2. The molecule has 0 fully saturated rings. The van der Waals surface area contributed by atoms with Crippen LogP contribution in [-0.2, 0) is 0 Å². The normalized spacial score (nSPS) is 14.8. The minimum atomic E-state index is 0.479. The first-order valence-corrected chi connectivity index (χ1v) is 3.62. The highest BCUT2D eigenvalue weighted by Crippen LogP contribution is 2.02. The van der Waals surface area contributed by atoms with Gasteiger partial charge in [0.2, 0.25) is 0 Å². The molecule has 0 aliphatic rings. The summed E-state index contributed by atoms with van der Waals surface area (Å²) in [5, 5.41) is 8.41. The molecule has 0 aliphatic carbocycles. The first-order chi connectivity index (χ1) is 4.66. The molecule has 0 spiro atoms. The first kappa shape index (κ1) is 9.50. The van der Waals surface area contributed by atoms with Gasteiger partial charge < -0.3 is 10.0 Å². The molecular formula is C8H17NO. The Morgan fingerprint density at radius 2 is 2.10 bits per heavy atom. The molecule has 1 atom stereocenters. The minimum Gasteiger partial charge on any atom is -0.516 e. The lowest BCUT2D eigenvalue weighted by Crippen LogP contribution is -2.14. The average molecular weight is 143 g/mol. The molecule has 0 heterocycles. The van der Waals surface area contributed by atoms with Crippen LogP contribution in [0.1, 0.15) is 13.3 Å². The molecule has 0 aromatic rings. The zero-order chi connectivity index (χ0) is 7.98. The average Bonchev–Trinajstić information content (AvgIpc) is 1.85. The highest BCUT2D eigenvalue weighted by Gasteiger charge is 1.96. The molecule has 0 aromatic heterocycles. The van der Waals surface area contributed by atoms with Crippen molar-refractivity contribution in [3.8, 4) is 0 Å². The molecule has 60 valence electrons. The van der Waals surface area contributed by atoms with Gasteiger partial charge in [-0.25, -0.2) is 0 Å². The maximum atomic E-state index is 8.41. The van der Waals surface area contributed by atoms with E-state index in [9.17, 15) is 0 Å². The lowest BCUT2D eigenvalue weighted by molar-refractivity contribution is 0.376. The lowest BCUT2D eigenvalue weighted by Gasteiger charge is -2.11. The lowest BCUT2D eigenvalue weighted by atomic mass is 10.1. The predicted molar refractivity (Wildman–Crippen MR) is 44.1 cm³/mol. The van der Waals surface area contributed by atoms with Crippen molar-refractivity contribution >= 4 is 0 Å². The molecule has 0 bridgehead atoms. The number of nitrogens with zero attached hydrogens (tertiary/aromatic N) is 1. The van der Waals surface area contributed by atoms with Crippen LogP contribution in [0.5, 0.6) is 0 Å². The van der Waals surface area contributed by atoms with Crippen molar-refractivity contribution in [2.75, 3.05) is 20.6 Å². The van der Waals surface area contributed by atoms with E-state index in [-0.39, 0.29) is 0 Å². The molecule has 0 saturated heterocycles. The van der Waals surface area contributed by atoms with E-state index in [0.29, 0.717) is 5.92 Å². The Labute approximate surface area is 63.2 Å². The number of allylic oxidation sites excluding steroid dienone is 1. The topological polar surface area (TPSA) is 23.5 Å². The Bertz CT molecular complexity index is 99.4. The molecule has 1 unspecified atom stereocenters. The summed E-state index contributed by atoms with van der Waals surface area (Å²) in [4.78, 5) is 2.14. The van der Waals surface area contributed by atoms with Crippen LogP contribution in [0, 0.1) is 5.92 Å². The van der Waals surface area contributed by atoms with Crippen molar-refractivity contribution < 1.29 is 5.11 Å². The van der Waals surface area contributed by atoms with Crippen LogP contribution in [0.2, 0.25) is 0 Å². The molecule has 0 rings (SSSR count). The number of aliphatic hydroxyl groups is 1. The third-order valence-corrected chi connectivity index (χ3v) is 1.45. The largest absolute Gasteiger partial charge is 0.516 e. The summed E-state index contributed by atoms with van der Waals surface area (Å²) in [6.45, 7) is 3.17. The summed E-state index contributed by atoms with van der Waals surface area (Å²) >= 11 is 0. The van der Waals surface area contributed by atoms with Gasteiger partial charge in [-0.1, -0.05) is 6.92 Å². The fourth-order valence-corrected chi connectivity index (χ4v) is 0.705. The SMILES string of the molecule is CC(C=CO)CCN(C)C. The molecular weight excluding hydrogens is 126 g/mol. The van der Waals surface area contributed by atoms with E-state index in [0.717, 1.165) is 19.2 Å². The standard InChI is InChI=1S/C8H17NO/c1-8(5-7-10)4-6-9(2)3/h5,7-8,10H,4,6H2,1-3H3. The Morgan fingerprint density at radius 1 is 1.50 bits per heavy atom. The van der Waals surface area contributed by atoms with Crippen molar-refractivity contribution in [3.05, 3.63) is 12.3 Å². The van der Waals surface area contributed by atoms with E-state index < -0.39 is 0 Å². The zero-order valence-corrected chi connectivity index (χ0v) is 7.04. The van der Waals surface area contributed by atoms with E-state index in [2.05, 4.69) is 25.9 Å². The molecule has 10 heavy (non-hydrogen) atoms. The van der Waals surface area contributed by atoms with E-state index in [1.807, 2.05) is 6.08 Å². The second-order valence-electron chi connectivity index (χ2n) is 2.91. The van der Waals surface area contributed by atoms with E-state index >= 15 is 0 Å². The summed E-state index contributed by atoms with van der Waals surface area (Å²) in [7, 11) is 4.10. The maximum absolute atomic E-state index is 8.41. The molecule has 0 radical (unpaired) electrons. The zero-order valence-electron chi connectivity index (χ0n) is 7.04. The van der Waals surface area contributed by atoms with Gasteiger partial charge in [0.25, 0.3) is 0 Å². The Morgan fingerprint density at radius 3 is 2.50 bits per heavy atom. The van der Waals surface area contributed by atoms with Crippen LogP contribution < -0.4 is 0 Å². The van der Waals surface area contributed by atoms with Gasteiger partial charge in [-0.3, -0.25) is 0 Å². The van der Waals surface area contributed by atoms with Crippen molar-refractivity contribution in [2.45, 2.75) is 13.3 Å². The fraction of sp³-hybridized carbons (Fsp3) is 0.750. The first-order valence-electron chi connectivity index (χ1n) is 3.62. The van der Waals surface area contributed by atoms with Gasteiger partial charge in [-0.2, -0.15) is 0 Å². The smallest absolute Gasteiger partial charge is 0.0754 e. The van der Waals surface area contributed by atoms with Gasteiger partial charge in [-0.15, -0.1) is 0 Å². The number of aliphatic hydroxyl groups excluding tert-OH is 1. The second kappa shape index (κ2) is 5.30. The molecule has 2 nitrogen and oxygen atoms in total. The van der Waals surface area contributed by atoms with Gasteiger partial charge >= 0.3 is 0 Å². The van der Waals surface area contributed by atoms with Crippen LogP contribution in [0.15, 0.2) is 12.3 Å². The summed E-state index contributed by atoms with van der Waals surface area (Å²) in [6.07, 6.45) is 4.04. The quantitative estimate of drug-likeness (QED) is 0.605. The predicted octanol–water partition coefficient (Wildman–Crippen LogP) is 1.65. The van der Waals surface area contributed by atoms with Crippen LogP contribution in [0.25, 0.3) is 0 Å². The number of rotatable bonds is 4. The van der Waals surface area contributed by atoms with Crippen molar-refractivity contribution in [1.29, 1.82) is 0 Å². The molecule has 0 saturated carbocycles. The van der Waals surface area contributed by atoms with Crippen molar-refractivity contribution in [1.82, 2.24) is 4.90 Å². The van der Waals surface area contributed by atoms with E-state index in [4.69, 9.17) is 5.11 Å². The van der Waals surface area contributed by atoms with Crippen molar-refractivity contribution in [2.24, 2.45) is 5.92 Å².